The predicted octanol–water partition coefficient (Wildman–Crippen LogP) is 14.4. The molecule has 9 aromatic carbocycles. The molecular weight excluding hydrogens is 641 g/mol. The van der Waals surface area contributed by atoms with E-state index in [9.17, 15) is 28.8 Å². The summed E-state index contributed by atoms with van der Waals surface area (Å²) >= 11 is 0. The zero-order valence-corrected chi connectivity index (χ0v) is 26.4. The SMILES string of the molecule is [2H]c1c([2H])c([2H])c(-c2c([2H])c([2H])c3c([2H])c([2H])c([2H])c([2H])c3c2N2c3c([2H])c([2H])c([2H])c([2H])c3C(C([2H])([2H])[2H])(C([2H])([2H])[2H])c3c([2H])c(N(c4c([2H])c([2H])c([2H])c([2H])c4[2H])c4c([2H])c5c([2H])c([2H])c([2H])c([2H])c5c5c([2H])c([2H])c([2H])c([2H])c45)c([2H])c([2H])c32)c([2H])c1[2H]. The molecule has 10 rings (SSSR count). The van der Waals surface area contributed by atoms with E-state index in [-0.39, 0.29) is 9.80 Å². The standard InChI is InChI=1S/C51H38N2/c1-51(2)45-27-15-16-28-47(45)53(50-41-24-12-9-19-36(41)29-31-42(50)35-17-5-3-6-18-35)48-32-30-39(34-46(48)51)52(38-21-7-4-8-22-38)49-33-37-20-10-11-23-40(37)43-25-13-14-26-44(43)49/h3-34H,1-2H3/i1D3,2D3,3D,4D,5D,6D,7D,8D,9D,10D,11D,12D,13D,14D,15D,16D,17D,18D,19D,20D,21D,22D,23D,24D,25D,26D,27D,28D,29D,30D,31D,32D,33D,34D. The van der Waals surface area contributed by atoms with Gasteiger partial charge in [0.25, 0.3) is 0 Å². The van der Waals surface area contributed by atoms with E-state index in [1.807, 2.05) is 0 Å². The fraction of sp³-hybridized carbons (Fsp3) is 0.0588. The second-order valence-corrected chi connectivity index (χ2v) is 11.3. The van der Waals surface area contributed by atoms with Gasteiger partial charge in [-0.05, 0) is 80.5 Å². The van der Waals surface area contributed by atoms with Crippen LogP contribution in [0, 0.1) is 0 Å². The van der Waals surface area contributed by atoms with Gasteiger partial charge in [-0.25, -0.2) is 0 Å². The molecule has 0 bridgehead atoms. The van der Waals surface area contributed by atoms with Crippen LogP contribution in [0.3, 0.4) is 0 Å². The van der Waals surface area contributed by atoms with Gasteiger partial charge >= 0.3 is 0 Å². The van der Waals surface area contributed by atoms with E-state index in [1.165, 1.54) is 0 Å². The van der Waals surface area contributed by atoms with Gasteiger partial charge in [0.1, 0.15) is 0 Å². The van der Waals surface area contributed by atoms with Gasteiger partial charge in [-0.15, -0.1) is 0 Å². The van der Waals surface area contributed by atoms with Crippen LogP contribution in [0.1, 0.15) is 76.9 Å². The summed E-state index contributed by atoms with van der Waals surface area (Å²) in [6.45, 7) is -8.88. The maximum Gasteiger partial charge on any atom is 0.0652 e. The average Bonchev–Trinajstić information content (AvgIpc) is 0.663. The molecule has 0 N–H and O–H groups in total. The Kier molecular flexibility index (Phi) is 2.53. The molecule has 0 amide bonds. The maximum absolute atomic E-state index is 10.6. The van der Waals surface area contributed by atoms with Crippen molar-refractivity contribution in [2.24, 2.45) is 0 Å². The first kappa shape index (κ1) is 10.9. The highest BCUT2D eigenvalue weighted by atomic mass is 15.2. The van der Waals surface area contributed by atoms with Crippen molar-refractivity contribution in [1.29, 1.82) is 0 Å². The number of para-hydroxylation sites is 2. The van der Waals surface area contributed by atoms with E-state index in [0.29, 0.717) is 0 Å². The molecule has 2 nitrogen and oxygen atoms in total. The molecule has 0 atom stereocenters. The minimum absolute atomic E-state index is 0.139. The third-order valence-electron chi connectivity index (χ3n) is 8.35. The Morgan fingerprint density at radius 3 is 1.89 bits per heavy atom. The number of anilines is 6. The highest BCUT2D eigenvalue weighted by Crippen LogP contribution is 2.56. The maximum atomic E-state index is 10.6. The van der Waals surface area contributed by atoms with Crippen molar-refractivity contribution < 1.29 is 52.1 Å². The molecule has 1 aliphatic heterocycles. The molecule has 0 spiro atoms. The van der Waals surface area contributed by atoms with E-state index in [0.717, 1.165) is 0 Å². The third kappa shape index (κ3) is 4.94. The lowest BCUT2D eigenvalue weighted by Gasteiger charge is -2.43. The number of benzene rings is 9. The Morgan fingerprint density at radius 1 is 0.472 bits per heavy atom. The number of nitrogens with zero attached hydrogens (tertiary/aromatic N) is 2. The van der Waals surface area contributed by atoms with Crippen molar-refractivity contribution in [2.45, 2.75) is 19.1 Å². The summed E-state index contributed by atoms with van der Waals surface area (Å²) in [6, 6.07) is -41.3. The van der Waals surface area contributed by atoms with Crippen LogP contribution in [0.4, 0.5) is 34.1 Å². The minimum atomic E-state index is -4.44. The molecule has 1 aliphatic rings. The summed E-state index contributed by atoms with van der Waals surface area (Å²) in [4.78, 5) is 0.389. The summed E-state index contributed by atoms with van der Waals surface area (Å²) in [6.07, 6.45) is 0. The van der Waals surface area contributed by atoms with Gasteiger partial charge in [0.15, 0.2) is 0 Å². The lowest BCUT2D eigenvalue weighted by Crippen LogP contribution is -2.31. The molecule has 0 aliphatic carbocycles. The number of fused-ring (bicyclic) bond motifs is 6. The van der Waals surface area contributed by atoms with Crippen LogP contribution < -0.4 is 9.80 Å². The zero-order valence-electron chi connectivity index (χ0n) is 64.4. The molecule has 9 aromatic rings. The van der Waals surface area contributed by atoms with E-state index in [4.69, 9.17) is 23.3 Å². The smallest absolute Gasteiger partial charge is 0.0652 e. The van der Waals surface area contributed by atoms with E-state index >= 15 is 0 Å². The van der Waals surface area contributed by atoms with Crippen LogP contribution in [0.2, 0.25) is 0 Å². The molecule has 2 heteroatoms. The topological polar surface area (TPSA) is 6.48 Å². The molecule has 0 aromatic heterocycles. The van der Waals surface area contributed by atoms with Crippen molar-refractivity contribution in [2.75, 3.05) is 9.80 Å². The Hall–Kier alpha value is -6.64. The fourth-order valence-electron chi connectivity index (χ4n) is 6.13. The third-order valence-corrected chi connectivity index (χ3v) is 8.35. The second-order valence-electron chi connectivity index (χ2n) is 11.3. The molecule has 1 heterocycles. The van der Waals surface area contributed by atoms with E-state index < -0.39 is 301 Å². The second kappa shape index (κ2) is 12.3. The lowest BCUT2D eigenvalue weighted by molar-refractivity contribution is 0.632. The quantitative estimate of drug-likeness (QED) is 0.164. The van der Waals surface area contributed by atoms with Crippen LogP contribution in [-0.2, 0) is 5.41 Å². The molecule has 0 saturated heterocycles. The summed E-state index contributed by atoms with van der Waals surface area (Å²) < 4.78 is 352. The van der Waals surface area contributed by atoms with Crippen LogP contribution in [-0.4, -0.2) is 0 Å². The number of hydrogen-bond acceptors (Lipinski definition) is 2. The van der Waals surface area contributed by atoms with Gasteiger partial charge in [0, 0.05) is 41.4 Å². The van der Waals surface area contributed by atoms with Crippen molar-refractivity contribution in [1.82, 2.24) is 0 Å². The highest BCUT2D eigenvalue weighted by Gasteiger charge is 2.38. The normalized spacial score (nSPS) is 23.8. The first-order valence-electron chi connectivity index (χ1n) is 34.3. The molecule has 0 unspecified atom stereocenters. The monoisotopic (exact) mass is 717 g/mol. The summed E-state index contributed by atoms with van der Waals surface area (Å²) in [7, 11) is 0. The van der Waals surface area contributed by atoms with E-state index in [2.05, 4.69) is 0 Å². The van der Waals surface area contributed by atoms with Crippen LogP contribution in [0.25, 0.3) is 43.4 Å². The summed E-state index contributed by atoms with van der Waals surface area (Å²) in [5, 5.41) is -5.84. The molecular formula is C51H38N2. The van der Waals surface area contributed by atoms with Crippen LogP contribution in [0.15, 0.2) is 193 Å². The van der Waals surface area contributed by atoms with Gasteiger partial charge in [-0.2, -0.15) is 0 Å². The number of hydrogen-bond donors (Lipinski definition) is 0. The Balaban J connectivity index is 1.63. The van der Waals surface area contributed by atoms with E-state index in [1.54, 1.807) is 0 Å². The van der Waals surface area contributed by atoms with Crippen molar-refractivity contribution in [3.05, 3.63) is 204 Å². The van der Waals surface area contributed by atoms with Crippen LogP contribution >= 0.6 is 0 Å². The van der Waals surface area contributed by atoms with Gasteiger partial charge < -0.3 is 9.80 Å². The Bertz CT molecular complexity index is 4820. The summed E-state index contributed by atoms with van der Waals surface area (Å²) in [5.41, 5.74) is -18.5. The fourth-order valence-corrected chi connectivity index (χ4v) is 6.13. The largest absolute Gasteiger partial charge is 0.310 e. The molecule has 53 heavy (non-hydrogen) atoms. The summed E-state index contributed by atoms with van der Waals surface area (Å²) in [5.74, 6) is 0. The number of rotatable bonds is 5. The molecule has 0 saturated carbocycles. The zero-order chi connectivity index (χ0) is 68.4. The van der Waals surface area contributed by atoms with Gasteiger partial charge in [0.2, 0.25) is 0 Å². The van der Waals surface area contributed by atoms with Gasteiger partial charge in [0.05, 0.1) is 66.6 Å². The molecule has 252 valence electrons. The van der Waals surface area contributed by atoms with Crippen molar-refractivity contribution in [3.8, 4) is 11.1 Å². The first-order chi connectivity index (χ1) is 41.9. The van der Waals surface area contributed by atoms with Gasteiger partial charge in [-0.3, -0.25) is 0 Å². The van der Waals surface area contributed by atoms with Crippen molar-refractivity contribution >= 4 is 66.4 Å². The average molecular weight is 717 g/mol. The minimum Gasteiger partial charge on any atom is -0.310 e. The Labute approximate surface area is 364 Å². The van der Waals surface area contributed by atoms with Gasteiger partial charge in [-0.1, -0.05) is 165 Å². The Morgan fingerprint density at radius 2 is 1.09 bits per heavy atom. The lowest BCUT2D eigenvalue weighted by atomic mass is 9.73. The predicted molar refractivity (Wildman–Crippen MR) is 226 cm³/mol. The highest BCUT2D eigenvalue weighted by molar-refractivity contribution is 6.15. The molecule has 0 radical (unpaired) electrons. The molecule has 0 fully saturated rings. The first-order valence-corrected chi connectivity index (χ1v) is 15.3. The van der Waals surface area contributed by atoms with Crippen LogP contribution in [0.5, 0.6) is 0 Å². The van der Waals surface area contributed by atoms with Crippen molar-refractivity contribution in [3.63, 3.8) is 0 Å².